The van der Waals surface area contributed by atoms with Gasteiger partial charge >= 0.3 is 0 Å². The van der Waals surface area contributed by atoms with E-state index in [0.29, 0.717) is 31.5 Å². The van der Waals surface area contributed by atoms with Gasteiger partial charge in [0.1, 0.15) is 0 Å². The molecule has 1 aliphatic rings. The molecule has 1 amide bonds. The third-order valence-electron chi connectivity index (χ3n) is 5.77. The van der Waals surface area contributed by atoms with E-state index in [1.165, 1.54) is 4.31 Å². The Labute approximate surface area is 179 Å². The van der Waals surface area contributed by atoms with E-state index in [2.05, 4.69) is 4.98 Å². The number of benzene rings is 1. The number of pyridine rings is 1. The number of hydrogen-bond acceptors (Lipinski definition) is 5. The lowest BCUT2D eigenvalue weighted by Crippen LogP contribution is -2.47. The molecule has 0 N–H and O–H groups in total. The molecule has 1 aliphatic heterocycles. The van der Waals surface area contributed by atoms with Gasteiger partial charge in [-0.2, -0.15) is 0 Å². The number of piperidine rings is 1. The minimum atomic E-state index is -3.22. The molecule has 0 atom stereocenters. The molecule has 1 aromatic heterocycles. The first-order valence-corrected chi connectivity index (χ1v) is 11.8. The first kappa shape index (κ1) is 22.2. The second kappa shape index (κ2) is 9.14. The van der Waals surface area contributed by atoms with Crippen LogP contribution < -0.4 is 4.90 Å². The van der Waals surface area contributed by atoms with Crippen LogP contribution in [0.15, 0.2) is 42.7 Å². The van der Waals surface area contributed by atoms with Crippen molar-refractivity contribution in [2.24, 2.45) is 0 Å². The molecule has 7 nitrogen and oxygen atoms in total. The van der Waals surface area contributed by atoms with E-state index in [0.717, 1.165) is 16.8 Å². The quantitative estimate of drug-likeness (QED) is 0.705. The Hall–Kier alpha value is -2.45. The van der Waals surface area contributed by atoms with E-state index < -0.39 is 10.0 Å². The Morgan fingerprint density at radius 1 is 1.07 bits per heavy atom. The van der Waals surface area contributed by atoms with Crippen molar-refractivity contribution in [2.75, 3.05) is 44.9 Å². The highest BCUT2D eigenvalue weighted by molar-refractivity contribution is 7.89. The van der Waals surface area contributed by atoms with E-state index in [9.17, 15) is 13.2 Å². The number of rotatable bonds is 6. The van der Waals surface area contributed by atoms with Gasteiger partial charge < -0.3 is 9.80 Å². The normalized spacial score (nSPS) is 15.4. The summed E-state index contributed by atoms with van der Waals surface area (Å²) in [5.74, 6) is 0.0325. The fraction of sp³-hybridized carbons (Fsp3) is 0.455. The van der Waals surface area contributed by atoms with Crippen LogP contribution in [-0.4, -0.2) is 74.5 Å². The third-order valence-corrected chi connectivity index (χ3v) is 7.68. The molecule has 1 saturated heterocycles. The van der Waals surface area contributed by atoms with Gasteiger partial charge in [0, 0.05) is 63.9 Å². The number of anilines is 1. The van der Waals surface area contributed by atoms with Crippen LogP contribution in [-0.2, 0) is 10.0 Å². The van der Waals surface area contributed by atoms with Crippen LogP contribution in [0, 0.1) is 0 Å². The van der Waals surface area contributed by atoms with Crippen LogP contribution in [0.1, 0.15) is 30.1 Å². The van der Waals surface area contributed by atoms with Crippen molar-refractivity contribution in [2.45, 2.75) is 25.8 Å². The minimum Gasteiger partial charge on any atom is -0.378 e. The summed E-state index contributed by atoms with van der Waals surface area (Å²) in [4.78, 5) is 21.1. The molecule has 0 bridgehead atoms. The smallest absolute Gasteiger partial charge is 0.255 e. The summed E-state index contributed by atoms with van der Waals surface area (Å²) in [5.41, 5.74) is 3.57. The Bertz CT molecular complexity index is 982. The largest absolute Gasteiger partial charge is 0.378 e. The summed E-state index contributed by atoms with van der Waals surface area (Å²) in [5, 5.41) is 0. The zero-order chi connectivity index (χ0) is 21.9. The van der Waals surface area contributed by atoms with E-state index in [1.807, 2.05) is 49.3 Å². The fourth-order valence-electron chi connectivity index (χ4n) is 3.71. The number of nitrogens with zero attached hydrogens (tertiary/aromatic N) is 4. The van der Waals surface area contributed by atoms with Gasteiger partial charge in [-0.05, 0) is 43.5 Å². The number of carbonyl (C=O) groups excluding carboxylic acids is 1. The van der Waals surface area contributed by atoms with Gasteiger partial charge in [-0.1, -0.05) is 12.1 Å². The molecule has 3 rings (SSSR count). The second-order valence-electron chi connectivity index (χ2n) is 7.84. The molecule has 1 fully saturated rings. The third kappa shape index (κ3) is 4.82. The molecular weight excluding hydrogens is 400 g/mol. The molecular formula is C22H30N4O3S. The van der Waals surface area contributed by atoms with Gasteiger partial charge in [0.15, 0.2) is 0 Å². The maximum atomic E-state index is 13.0. The van der Waals surface area contributed by atoms with Gasteiger partial charge in [0.25, 0.3) is 5.91 Å². The topological polar surface area (TPSA) is 73.8 Å². The summed E-state index contributed by atoms with van der Waals surface area (Å²) >= 11 is 0. The van der Waals surface area contributed by atoms with Crippen molar-refractivity contribution < 1.29 is 13.2 Å². The van der Waals surface area contributed by atoms with Gasteiger partial charge in [-0.25, -0.2) is 12.7 Å². The number of likely N-dealkylation sites (tertiary alicyclic amines) is 1. The SMILES string of the molecule is CCS(=O)(=O)N(C)C1CCN(C(=O)c2cncc(-c3ccc(N(C)C)cc3)c2)CC1. The van der Waals surface area contributed by atoms with E-state index in [4.69, 9.17) is 0 Å². The van der Waals surface area contributed by atoms with Crippen LogP contribution >= 0.6 is 0 Å². The minimum absolute atomic E-state index is 0.0568. The van der Waals surface area contributed by atoms with E-state index in [1.54, 1.807) is 31.3 Å². The highest BCUT2D eigenvalue weighted by Crippen LogP contribution is 2.24. The molecule has 162 valence electrons. The van der Waals surface area contributed by atoms with Crippen molar-refractivity contribution in [3.63, 3.8) is 0 Å². The summed E-state index contributed by atoms with van der Waals surface area (Å²) in [7, 11) is 2.41. The summed E-state index contributed by atoms with van der Waals surface area (Å²) in [6.45, 7) is 2.72. The molecule has 0 unspecified atom stereocenters. The predicted octanol–water partition coefficient (Wildman–Crippen LogP) is 2.70. The molecule has 0 saturated carbocycles. The van der Waals surface area contributed by atoms with Gasteiger partial charge in [0.2, 0.25) is 10.0 Å². The Morgan fingerprint density at radius 2 is 1.70 bits per heavy atom. The monoisotopic (exact) mass is 430 g/mol. The van der Waals surface area contributed by atoms with E-state index in [-0.39, 0.29) is 17.7 Å². The number of hydrogen-bond donors (Lipinski definition) is 0. The van der Waals surface area contributed by atoms with Crippen molar-refractivity contribution in [3.05, 3.63) is 48.3 Å². The summed E-state index contributed by atoms with van der Waals surface area (Å²) in [6, 6.07) is 9.94. The molecule has 30 heavy (non-hydrogen) atoms. The Balaban J connectivity index is 1.69. The van der Waals surface area contributed by atoms with Crippen molar-refractivity contribution >= 4 is 21.6 Å². The van der Waals surface area contributed by atoms with Gasteiger partial charge in [0.05, 0.1) is 11.3 Å². The number of aromatic nitrogens is 1. The average Bonchev–Trinajstić information content (AvgIpc) is 2.78. The highest BCUT2D eigenvalue weighted by atomic mass is 32.2. The molecule has 8 heteroatoms. The Kier molecular flexibility index (Phi) is 6.77. The predicted molar refractivity (Wildman–Crippen MR) is 120 cm³/mol. The molecule has 0 aliphatic carbocycles. The fourth-order valence-corrected chi connectivity index (χ4v) is 4.79. The molecule has 0 spiro atoms. The molecule has 0 radical (unpaired) electrons. The summed E-state index contributed by atoms with van der Waals surface area (Å²) < 4.78 is 25.7. The van der Waals surface area contributed by atoms with Gasteiger partial charge in [-0.3, -0.25) is 9.78 Å². The maximum absolute atomic E-state index is 13.0. The van der Waals surface area contributed by atoms with Crippen molar-refractivity contribution in [1.29, 1.82) is 0 Å². The average molecular weight is 431 g/mol. The first-order valence-electron chi connectivity index (χ1n) is 10.2. The lowest BCUT2D eigenvalue weighted by Gasteiger charge is -2.36. The molecule has 2 aromatic rings. The first-order chi connectivity index (χ1) is 14.2. The number of carbonyl (C=O) groups is 1. The van der Waals surface area contributed by atoms with Gasteiger partial charge in [-0.15, -0.1) is 0 Å². The zero-order valence-electron chi connectivity index (χ0n) is 18.1. The lowest BCUT2D eigenvalue weighted by molar-refractivity contribution is 0.0685. The molecule has 2 heterocycles. The van der Waals surface area contributed by atoms with E-state index >= 15 is 0 Å². The number of amides is 1. The maximum Gasteiger partial charge on any atom is 0.255 e. The summed E-state index contributed by atoms with van der Waals surface area (Å²) in [6.07, 6.45) is 4.64. The zero-order valence-corrected chi connectivity index (χ0v) is 18.9. The number of sulfonamides is 1. The second-order valence-corrected chi connectivity index (χ2v) is 10.2. The highest BCUT2D eigenvalue weighted by Gasteiger charge is 2.30. The van der Waals surface area contributed by atoms with Crippen LogP contribution in [0.2, 0.25) is 0 Å². The van der Waals surface area contributed by atoms with Crippen molar-refractivity contribution in [1.82, 2.24) is 14.2 Å². The standard InChI is InChI=1S/C22H30N4O3S/c1-5-30(28,29)25(4)21-10-12-26(13-11-21)22(27)19-14-18(15-23-16-19)17-6-8-20(9-7-17)24(2)3/h6-9,14-16,21H,5,10-13H2,1-4H3. The van der Waals surface area contributed by atoms with Crippen LogP contribution in [0.5, 0.6) is 0 Å². The lowest BCUT2D eigenvalue weighted by atomic mass is 10.0. The Morgan fingerprint density at radius 3 is 2.27 bits per heavy atom. The van der Waals surface area contributed by atoms with Crippen LogP contribution in [0.3, 0.4) is 0 Å². The van der Waals surface area contributed by atoms with Crippen LogP contribution in [0.4, 0.5) is 5.69 Å². The molecule has 1 aromatic carbocycles. The van der Waals surface area contributed by atoms with Crippen molar-refractivity contribution in [3.8, 4) is 11.1 Å². The van der Waals surface area contributed by atoms with Crippen LogP contribution in [0.25, 0.3) is 11.1 Å².